The number of rotatable bonds is 3. The zero-order chi connectivity index (χ0) is 18.9. The first kappa shape index (κ1) is 17.6. The van der Waals surface area contributed by atoms with Gasteiger partial charge in [0.25, 0.3) is 5.91 Å². The third-order valence-corrected chi connectivity index (χ3v) is 6.73. The maximum atomic E-state index is 13.3. The maximum absolute atomic E-state index is 13.3. The minimum absolute atomic E-state index is 0.147. The Labute approximate surface area is 167 Å². The number of thiophene rings is 1. The van der Waals surface area contributed by atoms with Crippen LogP contribution in [0.2, 0.25) is 0 Å². The summed E-state index contributed by atoms with van der Waals surface area (Å²) < 4.78 is 6.61. The number of morpholine rings is 1. The second-order valence-electron chi connectivity index (χ2n) is 7.23. The monoisotopic (exact) mass is 394 g/mol. The van der Waals surface area contributed by atoms with E-state index in [9.17, 15) is 4.79 Å². The Morgan fingerprint density at radius 2 is 1.86 bits per heavy atom. The molecule has 1 amide bonds. The quantitative estimate of drug-likeness (QED) is 0.683. The Balaban J connectivity index is 1.50. The van der Waals surface area contributed by atoms with Crippen LogP contribution in [-0.2, 0) is 4.74 Å². The van der Waals surface area contributed by atoms with Crippen molar-refractivity contribution in [3.63, 3.8) is 0 Å². The van der Waals surface area contributed by atoms with Crippen LogP contribution in [0.25, 0.3) is 10.1 Å². The van der Waals surface area contributed by atoms with Crippen molar-refractivity contribution in [2.45, 2.75) is 12.3 Å². The van der Waals surface area contributed by atoms with Crippen LogP contribution >= 0.6 is 11.3 Å². The van der Waals surface area contributed by atoms with Crippen molar-refractivity contribution in [1.29, 1.82) is 0 Å². The molecule has 0 N–H and O–H groups in total. The van der Waals surface area contributed by atoms with Gasteiger partial charge in [-0.1, -0.05) is 18.2 Å². The number of carbonyl (C=O) groups excluding carboxylic acids is 1. The highest BCUT2D eigenvalue weighted by atomic mass is 32.1. The van der Waals surface area contributed by atoms with E-state index >= 15 is 0 Å². The Hall–Kier alpha value is -2.51. The summed E-state index contributed by atoms with van der Waals surface area (Å²) in [6, 6.07) is 10.2. The van der Waals surface area contributed by atoms with Gasteiger partial charge in [-0.3, -0.25) is 4.79 Å². The maximum Gasteiger partial charge on any atom is 0.264 e. The lowest BCUT2D eigenvalue weighted by Gasteiger charge is -2.27. The number of benzene rings is 1. The lowest BCUT2D eigenvalue weighted by atomic mass is 9.94. The van der Waals surface area contributed by atoms with Gasteiger partial charge in [0.05, 0.1) is 18.1 Å². The van der Waals surface area contributed by atoms with Crippen LogP contribution in [0.4, 0.5) is 5.95 Å². The molecule has 7 heteroatoms. The number of anilines is 1. The fourth-order valence-corrected chi connectivity index (χ4v) is 5.43. The fourth-order valence-electron chi connectivity index (χ4n) is 4.17. The van der Waals surface area contributed by atoms with Gasteiger partial charge in [0, 0.05) is 49.2 Å². The van der Waals surface area contributed by atoms with Crippen molar-refractivity contribution in [2.75, 3.05) is 44.3 Å². The third kappa shape index (κ3) is 3.14. The van der Waals surface area contributed by atoms with Gasteiger partial charge in [-0.05, 0) is 29.5 Å². The first-order chi connectivity index (χ1) is 13.8. The normalized spacial score (nSPS) is 20.1. The van der Waals surface area contributed by atoms with E-state index in [0.717, 1.165) is 30.3 Å². The van der Waals surface area contributed by atoms with Crippen LogP contribution in [0.1, 0.15) is 27.6 Å². The number of hydrogen-bond donors (Lipinski definition) is 0. The van der Waals surface area contributed by atoms with E-state index in [-0.39, 0.29) is 5.91 Å². The largest absolute Gasteiger partial charge is 0.378 e. The van der Waals surface area contributed by atoms with Gasteiger partial charge in [0.15, 0.2) is 0 Å². The van der Waals surface area contributed by atoms with Crippen molar-refractivity contribution in [2.24, 2.45) is 0 Å². The summed E-state index contributed by atoms with van der Waals surface area (Å²) in [6.07, 6.45) is 4.56. The molecule has 2 aliphatic rings. The Morgan fingerprint density at radius 1 is 1.07 bits per heavy atom. The lowest BCUT2D eigenvalue weighted by molar-refractivity contribution is 0.0305. The second kappa shape index (κ2) is 7.48. The number of ether oxygens (including phenoxy) is 1. The van der Waals surface area contributed by atoms with E-state index in [1.165, 1.54) is 15.6 Å². The summed E-state index contributed by atoms with van der Waals surface area (Å²) in [6.45, 7) is 4.32. The minimum atomic E-state index is 0.147. The summed E-state index contributed by atoms with van der Waals surface area (Å²) in [4.78, 5) is 27.2. The zero-order valence-electron chi connectivity index (χ0n) is 15.6. The SMILES string of the molecule is O=C(c1sc2ccccc2c1[C@@H]1CCN(c2ncccn2)C1)N1CCOCC1. The Bertz CT molecular complexity index is 984. The van der Waals surface area contributed by atoms with Crippen LogP contribution in [-0.4, -0.2) is 60.2 Å². The van der Waals surface area contributed by atoms with Crippen molar-refractivity contribution in [1.82, 2.24) is 14.9 Å². The van der Waals surface area contributed by atoms with Gasteiger partial charge in [-0.2, -0.15) is 0 Å². The first-order valence-electron chi connectivity index (χ1n) is 9.71. The van der Waals surface area contributed by atoms with Gasteiger partial charge >= 0.3 is 0 Å². The molecule has 0 unspecified atom stereocenters. The minimum Gasteiger partial charge on any atom is -0.378 e. The highest BCUT2D eigenvalue weighted by Crippen LogP contribution is 2.41. The molecule has 28 heavy (non-hydrogen) atoms. The molecule has 0 radical (unpaired) electrons. The molecule has 2 aliphatic heterocycles. The lowest BCUT2D eigenvalue weighted by Crippen LogP contribution is -2.40. The molecular formula is C21H22N4O2S. The number of nitrogens with zero attached hydrogens (tertiary/aromatic N) is 4. The first-order valence-corrected chi connectivity index (χ1v) is 10.5. The third-order valence-electron chi connectivity index (χ3n) is 5.56. The number of hydrogen-bond acceptors (Lipinski definition) is 6. The number of fused-ring (bicyclic) bond motifs is 1. The standard InChI is InChI=1S/C21H22N4O2S/c26-20(24-10-12-27-13-11-24)19-18(16-4-1-2-5-17(16)28-19)15-6-9-25(14-15)21-22-7-3-8-23-21/h1-5,7-8,15H,6,9-14H2/t15-/m1/s1. The molecule has 5 rings (SSSR count). The molecule has 6 nitrogen and oxygen atoms in total. The van der Waals surface area contributed by atoms with Crippen LogP contribution in [0.3, 0.4) is 0 Å². The van der Waals surface area contributed by atoms with Crippen LogP contribution in [0.15, 0.2) is 42.7 Å². The van der Waals surface area contributed by atoms with Gasteiger partial charge in [-0.25, -0.2) is 9.97 Å². The molecule has 2 fully saturated rings. The summed E-state index contributed by atoms with van der Waals surface area (Å²) in [5.41, 5.74) is 1.20. The summed E-state index contributed by atoms with van der Waals surface area (Å²) in [7, 11) is 0. The molecule has 2 aromatic heterocycles. The predicted octanol–water partition coefficient (Wildman–Crippen LogP) is 3.16. The zero-order valence-corrected chi connectivity index (χ0v) is 16.4. The van der Waals surface area contributed by atoms with E-state index in [1.807, 2.05) is 17.0 Å². The van der Waals surface area contributed by atoms with Gasteiger partial charge in [0.1, 0.15) is 0 Å². The van der Waals surface area contributed by atoms with Crippen LogP contribution in [0.5, 0.6) is 0 Å². The van der Waals surface area contributed by atoms with Gasteiger partial charge in [-0.15, -0.1) is 11.3 Å². The highest BCUT2D eigenvalue weighted by Gasteiger charge is 2.33. The van der Waals surface area contributed by atoms with Gasteiger partial charge in [0.2, 0.25) is 5.95 Å². The summed E-state index contributed by atoms with van der Waals surface area (Å²) in [5, 5.41) is 1.21. The van der Waals surface area contributed by atoms with E-state index in [0.29, 0.717) is 32.2 Å². The van der Waals surface area contributed by atoms with Crippen molar-refractivity contribution in [3.05, 3.63) is 53.2 Å². The molecule has 144 valence electrons. The van der Waals surface area contributed by atoms with Crippen LogP contribution in [0, 0.1) is 0 Å². The van der Waals surface area contributed by atoms with E-state index in [4.69, 9.17) is 4.74 Å². The second-order valence-corrected chi connectivity index (χ2v) is 8.28. The molecule has 0 aliphatic carbocycles. The van der Waals surface area contributed by atoms with Crippen LogP contribution < -0.4 is 4.90 Å². The van der Waals surface area contributed by atoms with Gasteiger partial charge < -0.3 is 14.5 Å². The topological polar surface area (TPSA) is 58.6 Å². The predicted molar refractivity (Wildman–Crippen MR) is 110 cm³/mol. The number of aromatic nitrogens is 2. The highest BCUT2D eigenvalue weighted by molar-refractivity contribution is 7.21. The Morgan fingerprint density at radius 3 is 2.68 bits per heavy atom. The molecule has 4 heterocycles. The average molecular weight is 395 g/mol. The summed E-state index contributed by atoms with van der Waals surface area (Å²) >= 11 is 1.63. The van der Waals surface area contributed by atoms with E-state index in [2.05, 4.69) is 33.1 Å². The van der Waals surface area contributed by atoms with Crippen molar-refractivity contribution in [3.8, 4) is 0 Å². The number of amides is 1. The Kier molecular flexibility index (Phi) is 4.70. The number of carbonyl (C=O) groups is 1. The molecule has 2 saturated heterocycles. The van der Waals surface area contributed by atoms with Crippen molar-refractivity contribution < 1.29 is 9.53 Å². The molecule has 0 bridgehead atoms. The summed E-state index contributed by atoms with van der Waals surface area (Å²) in [5.74, 6) is 1.22. The van der Waals surface area contributed by atoms with E-state index < -0.39 is 0 Å². The molecular weight excluding hydrogens is 372 g/mol. The molecule has 3 aromatic rings. The average Bonchev–Trinajstić information content (AvgIpc) is 3.39. The fraction of sp³-hybridized carbons (Fsp3) is 0.381. The van der Waals surface area contributed by atoms with E-state index in [1.54, 1.807) is 23.7 Å². The molecule has 0 spiro atoms. The molecule has 1 aromatic carbocycles. The van der Waals surface area contributed by atoms with Crippen molar-refractivity contribution >= 4 is 33.3 Å². The molecule has 1 atom stereocenters. The molecule has 0 saturated carbocycles. The smallest absolute Gasteiger partial charge is 0.264 e.